The molecule has 3 heteroatoms. The summed E-state index contributed by atoms with van der Waals surface area (Å²) in [6.07, 6.45) is 1.50. The maximum absolute atomic E-state index is 6.07. The van der Waals surface area contributed by atoms with E-state index in [9.17, 15) is 0 Å². The molecular formula is C20H34N2O. The number of ether oxygens (including phenoxy) is 1. The minimum Gasteiger partial charge on any atom is -0.376 e. The van der Waals surface area contributed by atoms with Crippen LogP contribution in [0.3, 0.4) is 0 Å². The molecule has 130 valence electrons. The Morgan fingerprint density at radius 2 is 1.83 bits per heavy atom. The summed E-state index contributed by atoms with van der Waals surface area (Å²) >= 11 is 0. The summed E-state index contributed by atoms with van der Waals surface area (Å²) in [7, 11) is 0. The summed E-state index contributed by atoms with van der Waals surface area (Å²) < 4.78 is 6.07. The van der Waals surface area contributed by atoms with Gasteiger partial charge in [-0.3, -0.25) is 0 Å². The van der Waals surface area contributed by atoms with Crippen LogP contribution < -0.4 is 10.2 Å². The van der Waals surface area contributed by atoms with E-state index < -0.39 is 0 Å². The Morgan fingerprint density at radius 1 is 1.17 bits per heavy atom. The summed E-state index contributed by atoms with van der Waals surface area (Å²) in [4.78, 5) is 2.44. The number of hydrogen-bond acceptors (Lipinski definition) is 3. The van der Waals surface area contributed by atoms with Crippen LogP contribution >= 0.6 is 0 Å². The standard InChI is InChI=1S/C20H34N2O/c1-15(2)21-16(3)17-7-9-18(10-8-17)22-12-11-19(13-22)23-14-20(4,5)6/h7-10,15-16,19,21H,11-14H2,1-6H3/t16?,19-/m0/s1. The van der Waals surface area contributed by atoms with Crippen LogP contribution in [-0.2, 0) is 4.74 Å². The monoisotopic (exact) mass is 318 g/mol. The summed E-state index contributed by atoms with van der Waals surface area (Å²) in [5.41, 5.74) is 2.91. The molecule has 23 heavy (non-hydrogen) atoms. The van der Waals surface area contributed by atoms with E-state index in [0.29, 0.717) is 18.2 Å². The van der Waals surface area contributed by atoms with Gasteiger partial charge >= 0.3 is 0 Å². The summed E-state index contributed by atoms with van der Waals surface area (Å²) in [5, 5.41) is 3.55. The molecule has 0 aromatic heterocycles. The highest BCUT2D eigenvalue weighted by Gasteiger charge is 2.25. The lowest BCUT2D eigenvalue weighted by atomic mass is 9.98. The van der Waals surface area contributed by atoms with E-state index in [0.717, 1.165) is 26.1 Å². The normalized spacial score (nSPS) is 20.3. The zero-order valence-corrected chi connectivity index (χ0v) is 15.7. The Labute approximate surface area is 142 Å². The molecule has 1 aliphatic rings. The highest BCUT2D eigenvalue weighted by atomic mass is 16.5. The number of nitrogens with one attached hydrogen (secondary N) is 1. The van der Waals surface area contributed by atoms with E-state index >= 15 is 0 Å². The van der Waals surface area contributed by atoms with Crippen molar-refractivity contribution >= 4 is 5.69 Å². The first-order valence-electron chi connectivity index (χ1n) is 8.97. The van der Waals surface area contributed by atoms with Crippen LogP contribution in [0.4, 0.5) is 5.69 Å². The van der Waals surface area contributed by atoms with E-state index in [1.165, 1.54) is 11.3 Å². The average Bonchev–Trinajstić information content (AvgIpc) is 2.93. The maximum atomic E-state index is 6.07. The van der Waals surface area contributed by atoms with Gasteiger partial charge in [0, 0.05) is 30.9 Å². The Morgan fingerprint density at radius 3 is 2.39 bits per heavy atom. The molecular weight excluding hydrogens is 284 g/mol. The third-order valence-corrected chi connectivity index (χ3v) is 4.24. The molecule has 0 radical (unpaired) electrons. The molecule has 0 amide bonds. The molecule has 1 unspecified atom stereocenters. The predicted octanol–water partition coefficient (Wildman–Crippen LogP) is 4.39. The number of anilines is 1. The van der Waals surface area contributed by atoms with E-state index in [-0.39, 0.29) is 5.41 Å². The van der Waals surface area contributed by atoms with Crippen LogP contribution in [0.1, 0.15) is 59.6 Å². The summed E-state index contributed by atoms with van der Waals surface area (Å²) in [5.74, 6) is 0. The lowest BCUT2D eigenvalue weighted by molar-refractivity contribution is 0.0205. The molecule has 2 rings (SSSR count). The van der Waals surface area contributed by atoms with Crippen molar-refractivity contribution in [2.75, 3.05) is 24.6 Å². The number of nitrogens with zero attached hydrogens (tertiary/aromatic N) is 1. The molecule has 1 N–H and O–H groups in total. The highest BCUT2D eigenvalue weighted by molar-refractivity contribution is 5.49. The lowest BCUT2D eigenvalue weighted by Gasteiger charge is -2.23. The highest BCUT2D eigenvalue weighted by Crippen LogP contribution is 2.25. The molecule has 1 aliphatic heterocycles. The SMILES string of the molecule is CC(C)NC(C)c1ccc(N2CC[C@H](OCC(C)(C)C)C2)cc1. The van der Waals surface area contributed by atoms with Crippen molar-refractivity contribution in [3.05, 3.63) is 29.8 Å². The largest absolute Gasteiger partial charge is 0.376 e. The fourth-order valence-corrected chi connectivity index (χ4v) is 3.04. The van der Waals surface area contributed by atoms with Crippen molar-refractivity contribution in [2.24, 2.45) is 5.41 Å². The fourth-order valence-electron chi connectivity index (χ4n) is 3.04. The van der Waals surface area contributed by atoms with Crippen molar-refractivity contribution in [1.82, 2.24) is 5.32 Å². The van der Waals surface area contributed by atoms with Crippen molar-refractivity contribution in [1.29, 1.82) is 0 Å². The van der Waals surface area contributed by atoms with Gasteiger partial charge in [-0.1, -0.05) is 46.8 Å². The van der Waals surface area contributed by atoms with Gasteiger partial charge < -0.3 is 15.0 Å². The van der Waals surface area contributed by atoms with Gasteiger partial charge in [0.05, 0.1) is 12.7 Å². The van der Waals surface area contributed by atoms with Crippen molar-refractivity contribution in [2.45, 2.75) is 66.2 Å². The van der Waals surface area contributed by atoms with Gasteiger partial charge in [-0.05, 0) is 36.5 Å². The molecule has 1 aromatic rings. The third kappa shape index (κ3) is 5.82. The first-order chi connectivity index (χ1) is 10.7. The Balaban J connectivity index is 1.88. The Bertz CT molecular complexity index is 475. The lowest BCUT2D eigenvalue weighted by Crippen LogP contribution is -2.27. The summed E-state index contributed by atoms with van der Waals surface area (Å²) in [6, 6.07) is 9.90. The zero-order valence-electron chi connectivity index (χ0n) is 15.7. The molecule has 0 saturated carbocycles. The molecule has 1 aromatic carbocycles. The van der Waals surface area contributed by atoms with E-state index in [4.69, 9.17) is 4.74 Å². The number of hydrogen-bond donors (Lipinski definition) is 1. The molecule has 1 fully saturated rings. The predicted molar refractivity (Wildman–Crippen MR) is 99.2 cm³/mol. The van der Waals surface area contributed by atoms with Gasteiger partial charge in [0.2, 0.25) is 0 Å². The van der Waals surface area contributed by atoms with Gasteiger partial charge in [0.15, 0.2) is 0 Å². The second-order valence-corrected chi connectivity index (χ2v) is 8.36. The topological polar surface area (TPSA) is 24.5 Å². The summed E-state index contributed by atoms with van der Waals surface area (Å²) in [6.45, 7) is 16.2. The van der Waals surface area contributed by atoms with Crippen LogP contribution in [0.2, 0.25) is 0 Å². The van der Waals surface area contributed by atoms with Gasteiger partial charge in [-0.25, -0.2) is 0 Å². The molecule has 0 aliphatic carbocycles. The van der Waals surface area contributed by atoms with Crippen LogP contribution in [0.25, 0.3) is 0 Å². The Kier molecular flexibility index (Phi) is 6.10. The van der Waals surface area contributed by atoms with Gasteiger partial charge in [-0.2, -0.15) is 0 Å². The minimum atomic E-state index is 0.245. The molecule has 0 spiro atoms. The number of benzene rings is 1. The fraction of sp³-hybridized carbons (Fsp3) is 0.700. The minimum absolute atomic E-state index is 0.245. The second kappa shape index (κ2) is 7.67. The zero-order chi connectivity index (χ0) is 17.0. The number of rotatable bonds is 6. The first-order valence-corrected chi connectivity index (χ1v) is 8.97. The van der Waals surface area contributed by atoms with Crippen LogP contribution in [0.15, 0.2) is 24.3 Å². The molecule has 3 nitrogen and oxygen atoms in total. The van der Waals surface area contributed by atoms with Gasteiger partial charge in [0.25, 0.3) is 0 Å². The molecule has 0 bridgehead atoms. The Hall–Kier alpha value is -1.06. The second-order valence-electron chi connectivity index (χ2n) is 8.36. The average molecular weight is 319 g/mol. The van der Waals surface area contributed by atoms with Crippen molar-refractivity contribution in [3.8, 4) is 0 Å². The molecule has 1 saturated heterocycles. The van der Waals surface area contributed by atoms with Crippen LogP contribution in [0, 0.1) is 5.41 Å². The van der Waals surface area contributed by atoms with Crippen molar-refractivity contribution in [3.63, 3.8) is 0 Å². The van der Waals surface area contributed by atoms with Crippen LogP contribution in [0.5, 0.6) is 0 Å². The van der Waals surface area contributed by atoms with Crippen molar-refractivity contribution < 1.29 is 4.74 Å². The molecule has 1 heterocycles. The quantitative estimate of drug-likeness (QED) is 0.842. The van der Waals surface area contributed by atoms with E-state index in [1.54, 1.807) is 0 Å². The first kappa shape index (κ1) is 18.3. The smallest absolute Gasteiger partial charge is 0.0767 e. The van der Waals surface area contributed by atoms with Crippen LogP contribution in [-0.4, -0.2) is 31.8 Å². The van der Waals surface area contributed by atoms with Gasteiger partial charge in [-0.15, -0.1) is 0 Å². The van der Waals surface area contributed by atoms with E-state index in [2.05, 4.69) is 76.0 Å². The molecule has 2 atom stereocenters. The third-order valence-electron chi connectivity index (χ3n) is 4.24. The van der Waals surface area contributed by atoms with E-state index in [1.807, 2.05) is 0 Å². The van der Waals surface area contributed by atoms with Gasteiger partial charge in [0.1, 0.15) is 0 Å². The maximum Gasteiger partial charge on any atom is 0.0767 e.